The van der Waals surface area contributed by atoms with Gasteiger partial charge < -0.3 is 0 Å². The lowest BCUT2D eigenvalue weighted by Gasteiger charge is -2.13. The molecule has 1 heterocycles. The van der Waals surface area contributed by atoms with Gasteiger partial charge >= 0.3 is 0 Å². The van der Waals surface area contributed by atoms with Crippen molar-refractivity contribution in [2.75, 3.05) is 0 Å². The van der Waals surface area contributed by atoms with Crippen LogP contribution in [0.15, 0.2) is 6.20 Å². The lowest BCUT2D eigenvalue weighted by Crippen LogP contribution is -2.11. The van der Waals surface area contributed by atoms with Crippen LogP contribution in [0, 0.1) is 0 Å². The van der Waals surface area contributed by atoms with Crippen molar-refractivity contribution in [3.8, 4) is 0 Å². The zero-order valence-electron chi connectivity index (χ0n) is 7.71. The van der Waals surface area contributed by atoms with Gasteiger partial charge in [0.2, 0.25) is 0 Å². The second-order valence-electron chi connectivity index (χ2n) is 3.41. The van der Waals surface area contributed by atoms with Crippen molar-refractivity contribution in [2.24, 2.45) is 0 Å². The first-order chi connectivity index (χ1) is 6.27. The molecule has 0 spiro atoms. The Morgan fingerprint density at radius 2 is 2.00 bits per heavy atom. The molecule has 13 heavy (non-hydrogen) atoms. The Morgan fingerprint density at radius 3 is 2.69 bits per heavy atom. The lowest BCUT2D eigenvalue weighted by atomic mass is 10.0. The van der Waals surface area contributed by atoms with Gasteiger partial charge in [-0.15, -0.1) is 0 Å². The number of fused-ring (bicyclic) bond motifs is 1. The molecule has 0 saturated heterocycles. The molecule has 2 rings (SSSR count). The standard InChI is InChI=1S/C10H12N2O/c1-7(13)10-6-11-8-4-2-3-5-9(8)12-10/h6H,2-5H2,1H3. The molecule has 0 radical (unpaired) electrons. The van der Waals surface area contributed by atoms with Gasteiger partial charge in [-0.1, -0.05) is 0 Å². The van der Waals surface area contributed by atoms with Crippen LogP contribution in [0.25, 0.3) is 0 Å². The number of ketones is 1. The number of carbonyl (C=O) groups is 1. The predicted octanol–water partition coefficient (Wildman–Crippen LogP) is 1.56. The fourth-order valence-electron chi connectivity index (χ4n) is 1.62. The first-order valence-corrected chi connectivity index (χ1v) is 4.63. The van der Waals surface area contributed by atoms with Gasteiger partial charge in [-0.25, -0.2) is 4.98 Å². The van der Waals surface area contributed by atoms with Gasteiger partial charge in [-0.2, -0.15) is 0 Å². The average molecular weight is 176 g/mol. The predicted molar refractivity (Wildman–Crippen MR) is 48.7 cm³/mol. The van der Waals surface area contributed by atoms with Crippen molar-refractivity contribution in [3.63, 3.8) is 0 Å². The molecule has 0 fully saturated rings. The van der Waals surface area contributed by atoms with E-state index in [2.05, 4.69) is 9.97 Å². The van der Waals surface area contributed by atoms with Crippen LogP contribution in [0.1, 0.15) is 41.6 Å². The van der Waals surface area contributed by atoms with Crippen molar-refractivity contribution in [1.82, 2.24) is 9.97 Å². The van der Waals surface area contributed by atoms with E-state index >= 15 is 0 Å². The minimum Gasteiger partial charge on any atom is -0.293 e. The Morgan fingerprint density at radius 1 is 1.31 bits per heavy atom. The Hall–Kier alpha value is -1.25. The van der Waals surface area contributed by atoms with Crippen molar-refractivity contribution in [1.29, 1.82) is 0 Å². The summed E-state index contributed by atoms with van der Waals surface area (Å²) in [5.41, 5.74) is 2.61. The van der Waals surface area contributed by atoms with E-state index in [1.165, 1.54) is 19.8 Å². The van der Waals surface area contributed by atoms with Crippen LogP contribution in [0.5, 0.6) is 0 Å². The third-order valence-corrected chi connectivity index (χ3v) is 2.37. The highest BCUT2D eigenvalue weighted by Crippen LogP contribution is 2.17. The van der Waals surface area contributed by atoms with Crippen molar-refractivity contribution < 1.29 is 4.79 Å². The molecule has 0 atom stereocenters. The molecule has 0 aromatic carbocycles. The topological polar surface area (TPSA) is 42.9 Å². The molecule has 0 bridgehead atoms. The highest BCUT2D eigenvalue weighted by Gasteiger charge is 2.13. The van der Waals surface area contributed by atoms with E-state index in [9.17, 15) is 4.79 Å². The monoisotopic (exact) mass is 176 g/mol. The SMILES string of the molecule is CC(=O)c1cnc2c(n1)CCCC2. The first-order valence-electron chi connectivity index (χ1n) is 4.63. The van der Waals surface area contributed by atoms with E-state index < -0.39 is 0 Å². The minimum absolute atomic E-state index is 0.000809. The molecule has 1 aliphatic carbocycles. The van der Waals surface area contributed by atoms with Crippen LogP contribution in [-0.4, -0.2) is 15.8 Å². The first kappa shape index (κ1) is 8.35. The molecule has 0 amide bonds. The third-order valence-electron chi connectivity index (χ3n) is 2.37. The quantitative estimate of drug-likeness (QED) is 0.610. The fraction of sp³-hybridized carbons (Fsp3) is 0.500. The summed E-state index contributed by atoms with van der Waals surface area (Å²) in [6.07, 6.45) is 5.95. The van der Waals surface area contributed by atoms with Gasteiger partial charge in [0.15, 0.2) is 5.78 Å². The molecule has 1 aromatic heterocycles. The largest absolute Gasteiger partial charge is 0.293 e. The van der Waals surface area contributed by atoms with Gasteiger partial charge in [0.05, 0.1) is 17.6 Å². The Balaban J connectivity index is 2.40. The van der Waals surface area contributed by atoms with E-state index in [-0.39, 0.29) is 5.78 Å². The Kier molecular flexibility index (Phi) is 2.08. The fourth-order valence-corrected chi connectivity index (χ4v) is 1.62. The number of Topliss-reactive ketones (excluding diaryl/α,β-unsaturated/α-hetero) is 1. The second-order valence-corrected chi connectivity index (χ2v) is 3.41. The van der Waals surface area contributed by atoms with E-state index in [0.717, 1.165) is 24.2 Å². The normalized spacial score (nSPS) is 15.2. The van der Waals surface area contributed by atoms with E-state index in [0.29, 0.717) is 5.69 Å². The number of rotatable bonds is 1. The average Bonchev–Trinajstić information content (AvgIpc) is 2.17. The van der Waals surface area contributed by atoms with Crippen LogP contribution in [0.4, 0.5) is 0 Å². The number of hydrogen-bond donors (Lipinski definition) is 0. The molecule has 1 aromatic rings. The molecular weight excluding hydrogens is 164 g/mol. The van der Waals surface area contributed by atoms with Crippen molar-refractivity contribution in [3.05, 3.63) is 23.3 Å². The van der Waals surface area contributed by atoms with Crippen molar-refractivity contribution >= 4 is 5.78 Å². The maximum Gasteiger partial charge on any atom is 0.179 e. The number of carbonyl (C=O) groups excluding carboxylic acids is 1. The summed E-state index contributed by atoms with van der Waals surface area (Å²) < 4.78 is 0. The van der Waals surface area contributed by atoms with Gasteiger partial charge in [-0.3, -0.25) is 9.78 Å². The number of aryl methyl sites for hydroxylation is 2. The maximum atomic E-state index is 11.0. The molecular formula is C10H12N2O. The molecule has 0 N–H and O–H groups in total. The third kappa shape index (κ3) is 1.59. The molecule has 0 unspecified atom stereocenters. The molecule has 3 heteroatoms. The van der Waals surface area contributed by atoms with Crippen LogP contribution in [0.3, 0.4) is 0 Å². The number of aromatic nitrogens is 2. The van der Waals surface area contributed by atoms with Gasteiger partial charge in [-0.05, 0) is 25.7 Å². The van der Waals surface area contributed by atoms with Crippen molar-refractivity contribution in [2.45, 2.75) is 32.6 Å². The summed E-state index contributed by atoms with van der Waals surface area (Å²) in [6, 6.07) is 0. The van der Waals surface area contributed by atoms with E-state index in [1.54, 1.807) is 6.20 Å². The van der Waals surface area contributed by atoms with Crippen LogP contribution in [0.2, 0.25) is 0 Å². The molecule has 0 saturated carbocycles. The maximum absolute atomic E-state index is 11.0. The van der Waals surface area contributed by atoms with Gasteiger partial charge in [0.1, 0.15) is 5.69 Å². The zero-order chi connectivity index (χ0) is 9.26. The zero-order valence-corrected chi connectivity index (χ0v) is 7.71. The van der Waals surface area contributed by atoms with Crippen LogP contribution < -0.4 is 0 Å². The summed E-state index contributed by atoms with van der Waals surface area (Å²) >= 11 is 0. The second kappa shape index (κ2) is 3.24. The molecule has 0 aliphatic heterocycles. The smallest absolute Gasteiger partial charge is 0.179 e. The molecule has 68 valence electrons. The highest BCUT2D eigenvalue weighted by atomic mass is 16.1. The Labute approximate surface area is 77.2 Å². The number of hydrogen-bond acceptors (Lipinski definition) is 3. The molecule has 1 aliphatic rings. The van der Waals surface area contributed by atoms with E-state index in [1.807, 2.05) is 0 Å². The Bertz CT molecular complexity index is 347. The summed E-state index contributed by atoms with van der Waals surface area (Å²) in [5, 5.41) is 0. The summed E-state index contributed by atoms with van der Waals surface area (Å²) in [4.78, 5) is 19.6. The lowest BCUT2D eigenvalue weighted by molar-refractivity contribution is 0.101. The minimum atomic E-state index is 0.000809. The van der Waals surface area contributed by atoms with Crippen LogP contribution in [-0.2, 0) is 12.8 Å². The van der Waals surface area contributed by atoms with Gasteiger partial charge in [0.25, 0.3) is 0 Å². The van der Waals surface area contributed by atoms with Crippen LogP contribution >= 0.6 is 0 Å². The summed E-state index contributed by atoms with van der Waals surface area (Å²) in [5.74, 6) is 0.000809. The highest BCUT2D eigenvalue weighted by molar-refractivity contribution is 5.91. The number of nitrogens with zero attached hydrogens (tertiary/aromatic N) is 2. The van der Waals surface area contributed by atoms with Gasteiger partial charge in [0, 0.05) is 6.92 Å². The molecule has 3 nitrogen and oxygen atoms in total. The van der Waals surface area contributed by atoms with E-state index in [4.69, 9.17) is 0 Å². The summed E-state index contributed by atoms with van der Waals surface area (Å²) in [7, 11) is 0. The summed E-state index contributed by atoms with van der Waals surface area (Å²) in [6.45, 7) is 1.53.